The largest absolute Gasteiger partial charge is 0.269 e. The van der Waals surface area contributed by atoms with E-state index in [2.05, 4.69) is 12.6 Å². The Kier molecular flexibility index (Phi) is 4.12. The average molecular weight is 221 g/mol. The second-order valence-electron chi connectivity index (χ2n) is 3.00. The van der Waals surface area contributed by atoms with Crippen LogP contribution >= 0.6 is 12.6 Å². The highest BCUT2D eigenvalue weighted by Gasteiger charge is 2.03. The van der Waals surface area contributed by atoms with E-state index in [1.807, 2.05) is 13.0 Å². The standard InChI is InChI=1S/C11H11NO2S/c1-9(3-2-8-15)10-4-6-11(7-5-10)12(13)14/h2-8,15H,1H3/b8-2-,9-3+. The van der Waals surface area contributed by atoms with Crippen molar-refractivity contribution in [3.05, 3.63) is 57.5 Å². The number of nitro groups is 1. The summed E-state index contributed by atoms with van der Waals surface area (Å²) in [6.07, 6.45) is 3.70. The fourth-order valence-electron chi connectivity index (χ4n) is 1.13. The van der Waals surface area contributed by atoms with Crippen molar-refractivity contribution >= 4 is 23.9 Å². The van der Waals surface area contributed by atoms with Crippen LogP contribution < -0.4 is 0 Å². The molecule has 0 fully saturated rings. The van der Waals surface area contributed by atoms with E-state index in [9.17, 15) is 10.1 Å². The maximum absolute atomic E-state index is 10.4. The number of hydrogen-bond acceptors (Lipinski definition) is 3. The molecule has 4 heteroatoms. The fraction of sp³-hybridized carbons (Fsp3) is 0.0909. The van der Waals surface area contributed by atoms with Gasteiger partial charge in [-0.3, -0.25) is 10.1 Å². The first-order chi connectivity index (χ1) is 7.15. The Morgan fingerprint density at radius 2 is 2.00 bits per heavy atom. The van der Waals surface area contributed by atoms with Crippen LogP contribution in [-0.4, -0.2) is 4.92 Å². The Balaban J connectivity index is 2.93. The molecule has 15 heavy (non-hydrogen) atoms. The van der Waals surface area contributed by atoms with Gasteiger partial charge < -0.3 is 0 Å². The molecule has 0 saturated heterocycles. The van der Waals surface area contributed by atoms with E-state index in [0.29, 0.717) is 0 Å². The van der Waals surface area contributed by atoms with Gasteiger partial charge in [0, 0.05) is 12.1 Å². The van der Waals surface area contributed by atoms with Gasteiger partial charge in [0.1, 0.15) is 0 Å². The van der Waals surface area contributed by atoms with Gasteiger partial charge in [-0.05, 0) is 35.6 Å². The first-order valence-corrected chi connectivity index (χ1v) is 4.89. The van der Waals surface area contributed by atoms with Crippen molar-refractivity contribution in [1.29, 1.82) is 0 Å². The number of benzene rings is 1. The zero-order chi connectivity index (χ0) is 11.3. The van der Waals surface area contributed by atoms with Crippen molar-refractivity contribution in [2.24, 2.45) is 0 Å². The van der Waals surface area contributed by atoms with Gasteiger partial charge >= 0.3 is 0 Å². The summed E-state index contributed by atoms with van der Waals surface area (Å²) in [6.45, 7) is 1.94. The summed E-state index contributed by atoms with van der Waals surface area (Å²) in [5, 5.41) is 12.1. The molecule has 0 heterocycles. The van der Waals surface area contributed by atoms with Crippen molar-refractivity contribution in [1.82, 2.24) is 0 Å². The zero-order valence-corrected chi connectivity index (χ0v) is 9.15. The Hall–Kier alpha value is -1.55. The van der Waals surface area contributed by atoms with Crippen LogP contribution in [0.1, 0.15) is 12.5 Å². The Morgan fingerprint density at radius 3 is 2.47 bits per heavy atom. The number of thiol groups is 1. The Labute approximate surface area is 93.7 Å². The number of hydrogen-bond donors (Lipinski definition) is 1. The van der Waals surface area contributed by atoms with Crippen LogP contribution in [0, 0.1) is 10.1 Å². The van der Waals surface area contributed by atoms with E-state index < -0.39 is 4.92 Å². The van der Waals surface area contributed by atoms with Crippen LogP contribution in [0.3, 0.4) is 0 Å². The van der Waals surface area contributed by atoms with Crippen LogP contribution in [0.25, 0.3) is 5.57 Å². The molecule has 1 aromatic rings. The predicted molar refractivity (Wildman–Crippen MR) is 64.9 cm³/mol. The molecule has 0 aliphatic carbocycles. The van der Waals surface area contributed by atoms with Crippen LogP contribution in [0.15, 0.2) is 41.8 Å². The summed E-state index contributed by atoms with van der Waals surface area (Å²) in [4.78, 5) is 10.0. The molecule has 78 valence electrons. The van der Waals surface area contributed by atoms with Gasteiger partial charge in [-0.1, -0.05) is 12.2 Å². The summed E-state index contributed by atoms with van der Waals surface area (Å²) < 4.78 is 0. The summed E-state index contributed by atoms with van der Waals surface area (Å²) in [7, 11) is 0. The number of non-ortho nitro benzene ring substituents is 1. The van der Waals surface area contributed by atoms with Crippen molar-refractivity contribution < 1.29 is 4.92 Å². The van der Waals surface area contributed by atoms with Gasteiger partial charge in [0.15, 0.2) is 0 Å². The Bertz CT molecular complexity index is 407. The monoisotopic (exact) mass is 221 g/mol. The molecule has 0 radical (unpaired) electrons. The van der Waals surface area contributed by atoms with Gasteiger partial charge in [-0.2, -0.15) is 12.6 Å². The zero-order valence-electron chi connectivity index (χ0n) is 8.25. The molecule has 0 aliphatic rings. The minimum absolute atomic E-state index is 0.108. The molecule has 1 rings (SSSR count). The number of rotatable bonds is 3. The van der Waals surface area contributed by atoms with E-state index in [1.165, 1.54) is 12.1 Å². The third-order valence-electron chi connectivity index (χ3n) is 1.97. The van der Waals surface area contributed by atoms with E-state index in [1.54, 1.807) is 23.6 Å². The molecule has 0 aliphatic heterocycles. The molecule has 1 aromatic carbocycles. The van der Waals surface area contributed by atoms with E-state index >= 15 is 0 Å². The molecule has 3 nitrogen and oxygen atoms in total. The number of allylic oxidation sites excluding steroid dienone is 3. The lowest BCUT2D eigenvalue weighted by Gasteiger charge is -1.99. The minimum Gasteiger partial charge on any atom is -0.258 e. The second kappa shape index (κ2) is 5.36. The molecule has 0 saturated carbocycles. The fourth-order valence-corrected chi connectivity index (χ4v) is 1.22. The van der Waals surface area contributed by atoms with Crippen LogP contribution in [-0.2, 0) is 0 Å². The molecular weight excluding hydrogens is 210 g/mol. The molecule has 0 bridgehead atoms. The summed E-state index contributed by atoms with van der Waals surface area (Å²) in [5.74, 6) is 0. The lowest BCUT2D eigenvalue weighted by atomic mass is 10.1. The number of nitro benzene ring substituents is 1. The van der Waals surface area contributed by atoms with Crippen LogP contribution in [0.4, 0.5) is 5.69 Å². The molecule has 0 N–H and O–H groups in total. The molecule has 0 atom stereocenters. The maximum Gasteiger partial charge on any atom is 0.269 e. The van der Waals surface area contributed by atoms with Crippen molar-refractivity contribution in [3.63, 3.8) is 0 Å². The SMILES string of the molecule is C/C(=C\C=C/S)c1ccc([N+](=O)[O-])cc1. The summed E-state index contributed by atoms with van der Waals surface area (Å²) >= 11 is 3.94. The van der Waals surface area contributed by atoms with Gasteiger partial charge in [0.25, 0.3) is 5.69 Å². The van der Waals surface area contributed by atoms with Crippen LogP contribution in [0.2, 0.25) is 0 Å². The normalized spacial score (nSPS) is 12.0. The Morgan fingerprint density at radius 1 is 1.40 bits per heavy atom. The van der Waals surface area contributed by atoms with Gasteiger partial charge in [-0.25, -0.2) is 0 Å². The summed E-state index contributed by atoms with van der Waals surface area (Å²) in [6, 6.07) is 6.46. The van der Waals surface area contributed by atoms with Crippen molar-refractivity contribution in [3.8, 4) is 0 Å². The van der Waals surface area contributed by atoms with Crippen molar-refractivity contribution in [2.45, 2.75) is 6.92 Å². The average Bonchev–Trinajstić information content (AvgIpc) is 2.26. The lowest BCUT2D eigenvalue weighted by molar-refractivity contribution is -0.384. The van der Waals surface area contributed by atoms with E-state index in [4.69, 9.17) is 0 Å². The molecule has 0 amide bonds. The van der Waals surface area contributed by atoms with Crippen molar-refractivity contribution in [2.75, 3.05) is 0 Å². The highest BCUT2D eigenvalue weighted by atomic mass is 32.1. The quantitative estimate of drug-likeness (QED) is 0.367. The third kappa shape index (κ3) is 3.25. The molecular formula is C11H11NO2S. The summed E-state index contributed by atoms with van der Waals surface area (Å²) in [5.41, 5.74) is 2.11. The molecule has 0 aromatic heterocycles. The van der Waals surface area contributed by atoms with E-state index in [-0.39, 0.29) is 5.69 Å². The number of nitrogens with zero attached hydrogens (tertiary/aromatic N) is 1. The molecule has 0 unspecified atom stereocenters. The van der Waals surface area contributed by atoms with E-state index in [0.717, 1.165) is 11.1 Å². The maximum atomic E-state index is 10.4. The highest BCUT2D eigenvalue weighted by molar-refractivity contribution is 7.83. The minimum atomic E-state index is -0.406. The lowest BCUT2D eigenvalue weighted by Crippen LogP contribution is -1.87. The first-order valence-electron chi connectivity index (χ1n) is 4.37. The van der Waals surface area contributed by atoms with Crippen LogP contribution in [0.5, 0.6) is 0 Å². The molecule has 0 spiro atoms. The first kappa shape index (κ1) is 11.5. The van der Waals surface area contributed by atoms with Gasteiger partial charge in [-0.15, -0.1) is 0 Å². The predicted octanol–water partition coefficient (Wildman–Crippen LogP) is 3.44. The highest BCUT2D eigenvalue weighted by Crippen LogP contribution is 2.18. The second-order valence-corrected chi connectivity index (χ2v) is 3.29. The topological polar surface area (TPSA) is 43.1 Å². The smallest absolute Gasteiger partial charge is 0.258 e. The van der Waals surface area contributed by atoms with Gasteiger partial charge in [0.05, 0.1) is 4.92 Å². The van der Waals surface area contributed by atoms with Gasteiger partial charge in [0.2, 0.25) is 0 Å². The third-order valence-corrected chi connectivity index (χ3v) is 2.14.